The van der Waals surface area contributed by atoms with Crippen LogP contribution in [0.4, 0.5) is 5.82 Å². The summed E-state index contributed by atoms with van der Waals surface area (Å²) in [7, 11) is 0. The number of aromatic nitrogens is 4. The molecule has 0 bridgehead atoms. The van der Waals surface area contributed by atoms with E-state index in [0.29, 0.717) is 17.5 Å². The lowest BCUT2D eigenvalue weighted by Gasteiger charge is -2.35. The quantitative estimate of drug-likeness (QED) is 0.444. The van der Waals surface area contributed by atoms with Crippen molar-refractivity contribution in [1.29, 1.82) is 0 Å². The third-order valence-electron chi connectivity index (χ3n) is 5.46. The molecule has 0 N–H and O–H groups in total. The van der Waals surface area contributed by atoms with Gasteiger partial charge in [0.1, 0.15) is 6.61 Å². The molecule has 32 heavy (non-hydrogen) atoms. The first-order valence-electron chi connectivity index (χ1n) is 10.6. The predicted molar refractivity (Wildman–Crippen MR) is 125 cm³/mol. The Hall–Kier alpha value is -3.29. The molecule has 8 heteroatoms. The molecule has 3 heterocycles. The maximum absolute atomic E-state index is 6.04. The van der Waals surface area contributed by atoms with Crippen LogP contribution in [0.1, 0.15) is 11.3 Å². The maximum Gasteiger partial charge on any atom is 0.234 e. The topological polar surface area (TPSA) is 67.3 Å². The van der Waals surface area contributed by atoms with Crippen LogP contribution in [-0.2, 0) is 13.2 Å². The Labute approximate surface area is 191 Å². The second-order valence-corrected chi connectivity index (χ2v) is 8.18. The van der Waals surface area contributed by atoms with Gasteiger partial charge in [-0.25, -0.2) is 4.98 Å². The van der Waals surface area contributed by atoms with Crippen molar-refractivity contribution in [2.45, 2.75) is 13.2 Å². The number of para-hydroxylation sites is 2. The normalized spacial score (nSPS) is 14.6. The fourth-order valence-corrected chi connectivity index (χ4v) is 3.99. The van der Waals surface area contributed by atoms with Crippen molar-refractivity contribution in [1.82, 2.24) is 24.8 Å². The monoisotopic (exact) mass is 446 g/mol. The molecule has 2 aromatic carbocycles. The average Bonchev–Trinajstić information content (AvgIpc) is 2.83. The van der Waals surface area contributed by atoms with Crippen molar-refractivity contribution < 1.29 is 4.74 Å². The molecule has 1 saturated heterocycles. The van der Waals surface area contributed by atoms with Gasteiger partial charge in [-0.3, -0.25) is 14.9 Å². The zero-order chi connectivity index (χ0) is 21.8. The Balaban J connectivity index is 1.17. The molecule has 0 unspecified atom stereocenters. The summed E-state index contributed by atoms with van der Waals surface area (Å²) in [5, 5.41) is 0.693. The Morgan fingerprint density at radius 1 is 0.875 bits per heavy atom. The van der Waals surface area contributed by atoms with Gasteiger partial charge in [0.2, 0.25) is 5.88 Å². The van der Waals surface area contributed by atoms with E-state index < -0.39 is 0 Å². The predicted octanol–water partition coefficient (Wildman–Crippen LogP) is 3.97. The highest BCUT2D eigenvalue weighted by Crippen LogP contribution is 2.19. The lowest BCUT2D eigenvalue weighted by atomic mass is 10.2. The SMILES string of the molecule is Clc1cccc(COc2cncc(N3CCN(Cc4cnc5ccccc5n4)CC3)n2)c1. The highest BCUT2D eigenvalue weighted by Gasteiger charge is 2.19. The van der Waals surface area contributed by atoms with E-state index in [1.807, 2.05) is 54.7 Å². The third kappa shape index (κ3) is 4.95. The van der Waals surface area contributed by atoms with Crippen LogP contribution < -0.4 is 9.64 Å². The van der Waals surface area contributed by atoms with Crippen LogP contribution >= 0.6 is 11.6 Å². The number of piperazine rings is 1. The van der Waals surface area contributed by atoms with E-state index in [9.17, 15) is 0 Å². The van der Waals surface area contributed by atoms with Crippen molar-refractivity contribution in [3.63, 3.8) is 0 Å². The first kappa shape index (κ1) is 20.6. The summed E-state index contributed by atoms with van der Waals surface area (Å²) in [5.74, 6) is 1.34. The number of rotatable bonds is 6. The number of halogens is 1. The number of hydrogen-bond donors (Lipinski definition) is 0. The number of ether oxygens (including phenoxy) is 1. The maximum atomic E-state index is 6.04. The Morgan fingerprint density at radius 2 is 1.72 bits per heavy atom. The van der Waals surface area contributed by atoms with Crippen LogP contribution in [0, 0.1) is 0 Å². The zero-order valence-electron chi connectivity index (χ0n) is 17.6. The Bertz CT molecular complexity index is 1210. The van der Waals surface area contributed by atoms with Gasteiger partial charge in [0.15, 0.2) is 5.82 Å². The van der Waals surface area contributed by atoms with Crippen molar-refractivity contribution in [2.24, 2.45) is 0 Å². The molecule has 1 fully saturated rings. The van der Waals surface area contributed by atoms with E-state index in [-0.39, 0.29) is 0 Å². The van der Waals surface area contributed by atoms with E-state index in [1.54, 1.807) is 12.4 Å². The molecule has 4 aromatic rings. The first-order valence-corrected chi connectivity index (χ1v) is 11.0. The van der Waals surface area contributed by atoms with Gasteiger partial charge in [-0.2, -0.15) is 4.98 Å². The molecule has 0 aliphatic carbocycles. The van der Waals surface area contributed by atoms with Crippen LogP contribution in [0.5, 0.6) is 5.88 Å². The standard InChI is InChI=1S/C24H23ClN6O/c25-19-5-3-4-18(12-19)17-32-24-15-26-14-23(29-24)31-10-8-30(9-11-31)16-20-13-27-21-6-1-2-7-22(21)28-20/h1-7,12-15H,8-11,16-17H2. The van der Waals surface area contributed by atoms with Crippen LogP contribution in [-0.4, -0.2) is 51.0 Å². The van der Waals surface area contributed by atoms with Gasteiger partial charge in [0.05, 0.1) is 35.3 Å². The lowest BCUT2D eigenvalue weighted by molar-refractivity contribution is 0.246. The molecule has 0 radical (unpaired) electrons. The minimum Gasteiger partial charge on any atom is -0.472 e. The molecule has 0 saturated carbocycles. The number of benzene rings is 2. The van der Waals surface area contributed by atoms with Crippen molar-refractivity contribution in [2.75, 3.05) is 31.1 Å². The Kier molecular flexibility index (Phi) is 6.09. The second kappa shape index (κ2) is 9.46. The molecule has 0 atom stereocenters. The summed E-state index contributed by atoms with van der Waals surface area (Å²) >= 11 is 6.04. The van der Waals surface area contributed by atoms with Crippen molar-refractivity contribution >= 4 is 28.5 Å². The van der Waals surface area contributed by atoms with E-state index in [0.717, 1.165) is 60.8 Å². The molecule has 1 aliphatic rings. The molecule has 162 valence electrons. The van der Waals surface area contributed by atoms with E-state index in [1.165, 1.54) is 0 Å². The summed E-state index contributed by atoms with van der Waals surface area (Å²) in [6, 6.07) is 15.6. The summed E-state index contributed by atoms with van der Waals surface area (Å²) in [5.41, 5.74) is 3.86. The number of anilines is 1. The minimum absolute atomic E-state index is 0.402. The van der Waals surface area contributed by atoms with Gasteiger partial charge in [-0.1, -0.05) is 35.9 Å². The van der Waals surface area contributed by atoms with Crippen LogP contribution in [0.2, 0.25) is 5.02 Å². The van der Waals surface area contributed by atoms with Crippen LogP contribution in [0.3, 0.4) is 0 Å². The molecule has 5 rings (SSSR count). The van der Waals surface area contributed by atoms with E-state index in [2.05, 4.69) is 24.8 Å². The summed E-state index contributed by atoms with van der Waals surface area (Å²) < 4.78 is 5.83. The molecule has 0 amide bonds. The second-order valence-electron chi connectivity index (χ2n) is 7.75. The van der Waals surface area contributed by atoms with Gasteiger partial charge >= 0.3 is 0 Å². The van der Waals surface area contributed by atoms with Crippen LogP contribution in [0.25, 0.3) is 11.0 Å². The van der Waals surface area contributed by atoms with Gasteiger partial charge in [0.25, 0.3) is 0 Å². The largest absolute Gasteiger partial charge is 0.472 e. The lowest BCUT2D eigenvalue weighted by Crippen LogP contribution is -2.46. The molecular weight excluding hydrogens is 424 g/mol. The smallest absolute Gasteiger partial charge is 0.234 e. The van der Waals surface area contributed by atoms with E-state index >= 15 is 0 Å². The van der Waals surface area contributed by atoms with Gasteiger partial charge in [-0.15, -0.1) is 0 Å². The highest BCUT2D eigenvalue weighted by molar-refractivity contribution is 6.30. The molecular formula is C24H23ClN6O. The van der Waals surface area contributed by atoms with Crippen molar-refractivity contribution in [3.05, 3.63) is 83.4 Å². The van der Waals surface area contributed by atoms with Gasteiger partial charge in [0, 0.05) is 37.7 Å². The first-order chi connectivity index (χ1) is 15.7. The molecule has 2 aromatic heterocycles. The average molecular weight is 447 g/mol. The third-order valence-corrected chi connectivity index (χ3v) is 5.69. The van der Waals surface area contributed by atoms with Gasteiger partial charge in [-0.05, 0) is 29.8 Å². The summed E-state index contributed by atoms with van der Waals surface area (Å²) in [6.07, 6.45) is 5.31. The zero-order valence-corrected chi connectivity index (χ0v) is 18.3. The number of hydrogen-bond acceptors (Lipinski definition) is 7. The summed E-state index contributed by atoms with van der Waals surface area (Å²) in [6.45, 7) is 4.77. The van der Waals surface area contributed by atoms with Crippen molar-refractivity contribution in [3.8, 4) is 5.88 Å². The molecule has 7 nitrogen and oxygen atoms in total. The highest BCUT2D eigenvalue weighted by atomic mass is 35.5. The Morgan fingerprint density at radius 3 is 2.56 bits per heavy atom. The molecule has 0 spiro atoms. The summed E-state index contributed by atoms with van der Waals surface area (Å²) in [4.78, 5) is 22.9. The number of fused-ring (bicyclic) bond motifs is 1. The minimum atomic E-state index is 0.402. The fraction of sp³-hybridized carbons (Fsp3) is 0.250. The fourth-order valence-electron chi connectivity index (χ4n) is 3.78. The van der Waals surface area contributed by atoms with Crippen LogP contribution in [0.15, 0.2) is 67.1 Å². The van der Waals surface area contributed by atoms with E-state index in [4.69, 9.17) is 21.3 Å². The van der Waals surface area contributed by atoms with Gasteiger partial charge < -0.3 is 9.64 Å². The number of nitrogens with zero attached hydrogens (tertiary/aromatic N) is 6. The molecule has 1 aliphatic heterocycles.